The normalized spacial score (nSPS) is 9.91. The molecule has 0 aromatic heterocycles. The second kappa shape index (κ2) is 4.91. The minimum atomic E-state index is 1.21. The zero-order valence-corrected chi connectivity index (χ0v) is 7.09. The van der Waals surface area contributed by atoms with E-state index in [2.05, 4.69) is 42.6 Å². The van der Waals surface area contributed by atoms with E-state index in [1.807, 2.05) is 0 Å². The molecule has 0 fully saturated rings. The summed E-state index contributed by atoms with van der Waals surface area (Å²) < 4.78 is 0. The van der Waals surface area contributed by atoms with Crippen LogP contribution in [0.15, 0.2) is 30.3 Å². The summed E-state index contributed by atoms with van der Waals surface area (Å²) in [7, 11) is 0. The van der Waals surface area contributed by atoms with Crippen LogP contribution < -0.4 is 5.32 Å². The third kappa shape index (κ3) is 3.19. The Kier molecular flexibility index (Phi) is 3.70. The zero-order chi connectivity index (χ0) is 7.94. The van der Waals surface area contributed by atoms with Gasteiger partial charge in [0.25, 0.3) is 0 Å². The van der Waals surface area contributed by atoms with Gasteiger partial charge in [0.1, 0.15) is 5.69 Å². The summed E-state index contributed by atoms with van der Waals surface area (Å²) in [6, 6.07) is 10.5. The Labute approximate surface area is 68.4 Å². The van der Waals surface area contributed by atoms with E-state index in [-0.39, 0.29) is 0 Å². The van der Waals surface area contributed by atoms with E-state index in [0.717, 1.165) is 0 Å². The Morgan fingerprint density at radius 3 is 2.55 bits per heavy atom. The number of unbranched alkanes of at least 4 members (excludes halogenated alkanes) is 1. The van der Waals surface area contributed by atoms with Crippen LogP contribution in [0.1, 0.15) is 19.8 Å². The lowest BCUT2D eigenvalue weighted by atomic mass is 10.3. The van der Waals surface area contributed by atoms with Gasteiger partial charge in [0.15, 0.2) is 0 Å². The molecule has 0 atom stereocenters. The summed E-state index contributed by atoms with van der Waals surface area (Å²) in [5, 5.41) is 2.30. The molecular weight excluding hydrogens is 134 g/mol. The molecule has 0 aliphatic carbocycles. The third-order valence-corrected chi connectivity index (χ3v) is 1.74. The highest BCUT2D eigenvalue weighted by atomic mass is 14.9. The van der Waals surface area contributed by atoms with E-state index in [1.165, 1.54) is 25.1 Å². The lowest BCUT2D eigenvalue weighted by Crippen LogP contribution is -2.77. The molecule has 1 aromatic carbocycles. The van der Waals surface area contributed by atoms with E-state index < -0.39 is 0 Å². The molecule has 0 unspecified atom stereocenters. The van der Waals surface area contributed by atoms with E-state index in [0.29, 0.717) is 0 Å². The number of hydrogen-bond donors (Lipinski definition) is 1. The van der Waals surface area contributed by atoms with Crippen molar-refractivity contribution in [3.8, 4) is 0 Å². The first-order valence-corrected chi connectivity index (χ1v) is 4.31. The topological polar surface area (TPSA) is 16.6 Å². The number of benzene rings is 1. The van der Waals surface area contributed by atoms with Crippen molar-refractivity contribution < 1.29 is 5.32 Å². The van der Waals surface area contributed by atoms with Crippen molar-refractivity contribution in [2.45, 2.75) is 19.8 Å². The van der Waals surface area contributed by atoms with Crippen molar-refractivity contribution in [3.05, 3.63) is 30.3 Å². The maximum absolute atomic E-state index is 2.30. The van der Waals surface area contributed by atoms with E-state index in [1.54, 1.807) is 0 Å². The average Bonchev–Trinajstić information content (AvgIpc) is 2.07. The Morgan fingerprint density at radius 1 is 1.18 bits per heavy atom. The fourth-order valence-corrected chi connectivity index (χ4v) is 1.06. The predicted octanol–water partition coefficient (Wildman–Crippen LogP) is 1.68. The number of rotatable bonds is 4. The molecule has 0 saturated carbocycles. The standard InChI is InChI=1S/C10H15N/c1-2-3-9-11-10-7-5-4-6-8-10/h4-8,11H,2-3,9H2,1H3/p+1. The van der Waals surface area contributed by atoms with Crippen molar-refractivity contribution >= 4 is 5.69 Å². The molecule has 0 heterocycles. The van der Waals surface area contributed by atoms with Gasteiger partial charge in [-0.15, -0.1) is 0 Å². The highest BCUT2D eigenvalue weighted by Crippen LogP contribution is 1.95. The van der Waals surface area contributed by atoms with Crippen molar-refractivity contribution in [2.75, 3.05) is 6.54 Å². The van der Waals surface area contributed by atoms with Crippen LogP contribution in [0.2, 0.25) is 0 Å². The highest BCUT2D eigenvalue weighted by molar-refractivity contribution is 5.26. The summed E-state index contributed by atoms with van der Waals surface area (Å²) in [5.41, 5.74) is 1.35. The number of nitrogens with two attached hydrogens (primary N) is 1. The van der Waals surface area contributed by atoms with Crippen molar-refractivity contribution in [2.24, 2.45) is 0 Å². The maximum Gasteiger partial charge on any atom is 0.129 e. The molecule has 0 aliphatic heterocycles. The largest absolute Gasteiger partial charge is 0.314 e. The minimum Gasteiger partial charge on any atom is -0.314 e. The van der Waals surface area contributed by atoms with Gasteiger partial charge in [-0.25, -0.2) is 0 Å². The van der Waals surface area contributed by atoms with Crippen LogP contribution in [0.4, 0.5) is 5.69 Å². The van der Waals surface area contributed by atoms with Crippen LogP contribution >= 0.6 is 0 Å². The van der Waals surface area contributed by atoms with E-state index in [9.17, 15) is 0 Å². The van der Waals surface area contributed by atoms with E-state index >= 15 is 0 Å². The predicted molar refractivity (Wildman–Crippen MR) is 47.8 cm³/mol. The SMILES string of the molecule is CCCC[NH2+]c1ccccc1. The smallest absolute Gasteiger partial charge is 0.129 e. The Balaban J connectivity index is 2.28. The minimum absolute atomic E-state index is 1.21. The van der Waals surface area contributed by atoms with E-state index in [4.69, 9.17) is 0 Å². The molecule has 2 N–H and O–H groups in total. The second-order valence-electron chi connectivity index (χ2n) is 2.76. The quantitative estimate of drug-likeness (QED) is 0.497. The number of hydrogen-bond acceptors (Lipinski definition) is 0. The highest BCUT2D eigenvalue weighted by Gasteiger charge is 1.91. The van der Waals surface area contributed by atoms with Gasteiger partial charge in [-0.1, -0.05) is 31.5 Å². The Bertz CT molecular complexity index is 181. The summed E-state index contributed by atoms with van der Waals surface area (Å²) in [6.07, 6.45) is 2.58. The van der Waals surface area contributed by atoms with Crippen molar-refractivity contribution in [1.29, 1.82) is 0 Å². The molecule has 0 amide bonds. The van der Waals surface area contributed by atoms with Crippen LogP contribution in [0.25, 0.3) is 0 Å². The van der Waals surface area contributed by atoms with Gasteiger partial charge in [0, 0.05) is 0 Å². The molecule has 0 spiro atoms. The van der Waals surface area contributed by atoms with Crippen LogP contribution in [-0.2, 0) is 0 Å². The molecule has 60 valence electrons. The summed E-state index contributed by atoms with van der Waals surface area (Å²) in [4.78, 5) is 0. The fraction of sp³-hybridized carbons (Fsp3) is 0.400. The third-order valence-electron chi connectivity index (χ3n) is 1.74. The first-order valence-electron chi connectivity index (χ1n) is 4.31. The molecule has 0 aliphatic rings. The number of quaternary nitrogens is 1. The summed E-state index contributed by atoms with van der Waals surface area (Å²) in [5.74, 6) is 0. The van der Waals surface area contributed by atoms with Crippen molar-refractivity contribution in [3.63, 3.8) is 0 Å². The monoisotopic (exact) mass is 150 g/mol. The Morgan fingerprint density at radius 2 is 1.91 bits per heavy atom. The second-order valence-corrected chi connectivity index (χ2v) is 2.76. The molecular formula is C10H16N+. The molecule has 0 saturated heterocycles. The Hall–Kier alpha value is -0.820. The molecule has 1 rings (SSSR count). The van der Waals surface area contributed by atoms with Gasteiger partial charge in [0.05, 0.1) is 6.54 Å². The average molecular weight is 150 g/mol. The summed E-state index contributed by atoms with van der Waals surface area (Å²) in [6.45, 7) is 3.43. The first kappa shape index (κ1) is 8.28. The maximum atomic E-state index is 2.30. The first-order chi connectivity index (χ1) is 5.43. The molecule has 1 heteroatoms. The molecule has 0 bridgehead atoms. The van der Waals surface area contributed by atoms with Gasteiger partial charge >= 0.3 is 0 Å². The molecule has 0 radical (unpaired) electrons. The molecule has 1 aromatic rings. The van der Waals surface area contributed by atoms with Gasteiger partial charge < -0.3 is 5.32 Å². The van der Waals surface area contributed by atoms with Gasteiger partial charge in [-0.3, -0.25) is 0 Å². The fourth-order valence-electron chi connectivity index (χ4n) is 1.06. The van der Waals surface area contributed by atoms with Gasteiger partial charge in [0.2, 0.25) is 0 Å². The van der Waals surface area contributed by atoms with Crippen LogP contribution in [0.3, 0.4) is 0 Å². The zero-order valence-electron chi connectivity index (χ0n) is 7.09. The molecule has 1 nitrogen and oxygen atoms in total. The van der Waals surface area contributed by atoms with Crippen molar-refractivity contribution in [1.82, 2.24) is 0 Å². The van der Waals surface area contributed by atoms with Crippen LogP contribution in [-0.4, -0.2) is 6.54 Å². The molecule has 11 heavy (non-hydrogen) atoms. The number of para-hydroxylation sites is 1. The van der Waals surface area contributed by atoms with Gasteiger partial charge in [-0.05, 0) is 18.6 Å². The lowest BCUT2D eigenvalue weighted by Gasteiger charge is -1.97. The lowest BCUT2D eigenvalue weighted by molar-refractivity contribution is -0.571. The summed E-state index contributed by atoms with van der Waals surface area (Å²) >= 11 is 0. The van der Waals surface area contributed by atoms with Crippen LogP contribution in [0.5, 0.6) is 0 Å². The van der Waals surface area contributed by atoms with Crippen LogP contribution in [0, 0.1) is 0 Å². The van der Waals surface area contributed by atoms with Gasteiger partial charge in [-0.2, -0.15) is 0 Å².